The van der Waals surface area contributed by atoms with Crippen LogP contribution in [0.15, 0.2) is 42.5 Å². The zero-order chi connectivity index (χ0) is 28.8. The van der Waals surface area contributed by atoms with Crippen molar-refractivity contribution in [3.63, 3.8) is 0 Å². The van der Waals surface area contributed by atoms with Crippen LogP contribution in [0.25, 0.3) is 0 Å². The van der Waals surface area contributed by atoms with Crippen LogP contribution in [0.2, 0.25) is 0 Å². The first-order chi connectivity index (χ1) is 18.2. The smallest absolute Gasteiger partial charge is 0.419 e. The van der Waals surface area contributed by atoms with Crippen molar-refractivity contribution in [2.45, 2.75) is 76.4 Å². The zero-order valence-corrected chi connectivity index (χ0v) is 22.4. The van der Waals surface area contributed by atoms with Gasteiger partial charge in [0.15, 0.2) is 0 Å². The molecule has 1 aliphatic heterocycles. The van der Waals surface area contributed by atoms with Crippen molar-refractivity contribution in [3.8, 4) is 11.5 Å². The second-order valence-corrected chi connectivity index (χ2v) is 10.6. The van der Waals surface area contributed by atoms with Crippen LogP contribution in [-0.4, -0.2) is 41.2 Å². The third-order valence-corrected chi connectivity index (χ3v) is 6.55. The van der Waals surface area contributed by atoms with Gasteiger partial charge in [0.2, 0.25) is 11.8 Å². The van der Waals surface area contributed by atoms with E-state index in [2.05, 4.69) is 10.6 Å². The second-order valence-electron chi connectivity index (χ2n) is 10.6. The number of rotatable bonds is 10. The van der Waals surface area contributed by atoms with E-state index in [-0.39, 0.29) is 41.8 Å². The number of amides is 2. The molecule has 1 saturated heterocycles. The van der Waals surface area contributed by atoms with Gasteiger partial charge in [0, 0.05) is 44.6 Å². The summed E-state index contributed by atoms with van der Waals surface area (Å²) in [7, 11) is 0. The van der Waals surface area contributed by atoms with Crippen molar-refractivity contribution in [2.24, 2.45) is 5.73 Å². The molecule has 0 spiro atoms. The Bertz CT molecular complexity index is 1140. The van der Waals surface area contributed by atoms with Gasteiger partial charge < -0.3 is 30.9 Å². The monoisotopic (exact) mass is 551 g/mol. The molecule has 8 nitrogen and oxygen atoms in total. The number of hydrogen-bond donors (Lipinski definition) is 4. The standard InChI is InChI=1S/C28H36F3N3O5/c1-18(35)20-6-9-23(22(16-20)28(29,30)31)39-21-7-4-19(5-8-21)17-33-25(37)27(12-14-38-15-13-27)34-24(36)10-11-26(2,3)32/h4-9,16,18,35H,10-15,17,32H2,1-3H3,(H,33,37)(H,34,36). The van der Waals surface area contributed by atoms with Crippen LogP contribution in [0.4, 0.5) is 13.2 Å². The van der Waals surface area contributed by atoms with Crippen LogP contribution in [0, 0.1) is 0 Å². The third-order valence-electron chi connectivity index (χ3n) is 6.55. The van der Waals surface area contributed by atoms with Crippen LogP contribution < -0.4 is 21.1 Å². The molecule has 0 saturated carbocycles. The summed E-state index contributed by atoms with van der Waals surface area (Å²) in [4.78, 5) is 25.8. The van der Waals surface area contributed by atoms with Gasteiger partial charge in [0.05, 0.1) is 11.7 Å². The van der Waals surface area contributed by atoms with Gasteiger partial charge in [0.1, 0.15) is 17.0 Å². The van der Waals surface area contributed by atoms with E-state index < -0.39 is 28.9 Å². The number of carbonyl (C=O) groups is 2. The maximum atomic E-state index is 13.6. The van der Waals surface area contributed by atoms with E-state index in [1.807, 2.05) is 13.8 Å². The molecule has 3 rings (SSSR count). The third kappa shape index (κ3) is 8.67. The Morgan fingerprint density at radius 3 is 2.33 bits per heavy atom. The Morgan fingerprint density at radius 2 is 1.77 bits per heavy atom. The average molecular weight is 552 g/mol. The summed E-state index contributed by atoms with van der Waals surface area (Å²) in [5, 5.41) is 15.4. The molecule has 0 aliphatic carbocycles. The minimum absolute atomic E-state index is 0.127. The van der Waals surface area contributed by atoms with Gasteiger partial charge in [-0.15, -0.1) is 0 Å². The predicted octanol–water partition coefficient (Wildman–Crippen LogP) is 4.35. The van der Waals surface area contributed by atoms with Crippen molar-refractivity contribution < 1.29 is 37.3 Å². The highest BCUT2D eigenvalue weighted by Gasteiger charge is 2.41. The summed E-state index contributed by atoms with van der Waals surface area (Å²) in [6.07, 6.45) is -4.39. The minimum Gasteiger partial charge on any atom is -0.457 e. The molecule has 214 valence electrons. The van der Waals surface area contributed by atoms with Crippen LogP contribution in [0.5, 0.6) is 11.5 Å². The summed E-state index contributed by atoms with van der Waals surface area (Å²) < 4.78 is 51.5. The largest absolute Gasteiger partial charge is 0.457 e. The lowest BCUT2D eigenvalue weighted by Gasteiger charge is -2.36. The fourth-order valence-electron chi connectivity index (χ4n) is 4.17. The number of ether oxygens (including phenoxy) is 2. The predicted molar refractivity (Wildman–Crippen MR) is 139 cm³/mol. The molecule has 5 N–H and O–H groups in total. The lowest BCUT2D eigenvalue weighted by molar-refractivity contribution is -0.138. The first kappa shape index (κ1) is 30.4. The van der Waals surface area contributed by atoms with E-state index in [1.165, 1.54) is 31.2 Å². The number of carbonyl (C=O) groups excluding carboxylic acids is 2. The van der Waals surface area contributed by atoms with E-state index in [1.54, 1.807) is 12.1 Å². The van der Waals surface area contributed by atoms with Gasteiger partial charge in [-0.05, 0) is 62.6 Å². The van der Waals surface area contributed by atoms with Crippen LogP contribution in [-0.2, 0) is 27.0 Å². The minimum atomic E-state index is -4.67. The van der Waals surface area contributed by atoms with Crippen molar-refractivity contribution in [3.05, 3.63) is 59.2 Å². The van der Waals surface area contributed by atoms with Gasteiger partial charge in [-0.25, -0.2) is 0 Å². The number of halogens is 3. The first-order valence-electron chi connectivity index (χ1n) is 12.8. The van der Waals surface area contributed by atoms with Crippen molar-refractivity contribution in [1.29, 1.82) is 0 Å². The molecule has 2 amide bonds. The molecule has 39 heavy (non-hydrogen) atoms. The van der Waals surface area contributed by atoms with Gasteiger partial charge in [-0.3, -0.25) is 9.59 Å². The average Bonchev–Trinajstić information content (AvgIpc) is 2.86. The van der Waals surface area contributed by atoms with Crippen molar-refractivity contribution >= 4 is 11.8 Å². The summed E-state index contributed by atoms with van der Waals surface area (Å²) in [5.41, 5.74) is 4.20. The fraction of sp³-hybridized carbons (Fsp3) is 0.500. The number of hydrogen-bond acceptors (Lipinski definition) is 6. The highest BCUT2D eigenvalue weighted by Crippen LogP contribution is 2.39. The Kier molecular flexibility index (Phi) is 9.63. The molecule has 11 heteroatoms. The molecule has 2 aromatic carbocycles. The molecule has 2 aromatic rings. The topological polar surface area (TPSA) is 123 Å². The van der Waals surface area contributed by atoms with E-state index in [0.29, 0.717) is 38.0 Å². The highest BCUT2D eigenvalue weighted by molar-refractivity contribution is 5.91. The number of alkyl halides is 3. The van der Waals surface area contributed by atoms with E-state index >= 15 is 0 Å². The lowest BCUT2D eigenvalue weighted by Crippen LogP contribution is -2.61. The maximum Gasteiger partial charge on any atom is 0.419 e. The molecule has 0 aromatic heterocycles. The summed E-state index contributed by atoms with van der Waals surface area (Å²) in [6.45, 7) is 5.85. The maximum absolute atomic E-state index is 13.6. The Balaban J connectivity index is 1.65. The lowest BCUT2D eigenvalue weighted by atomic mass is 9.88. The van der Waals surface area contributed by atoms with Crippen LogP contribution >= 0.6 is 0 Å². The highest BCUT2D eigenvalue weighted by atomic mass is 19.4. The Morgan fingerprint density at radius 1 is 1.13 bits per heavy atom. The normalized spacial score (nSPS) is 16.3. The Hall–Kier alpha value is -3.15. The van der Waals surface area contributed by atoms with Gasteiger partial charge in [-0.1, -0.05) is 18.2 Å². The number of nitrogens with two attached hydrogens (primary N) is 1. The molecular weight excluding hydrogens is 515 g/mol. The van der Waals surface area contributed by atoms with E-state index in [4.69, 9.17) is 15.2 Å². The summed E-state index contributed by atoms with van der Waals surface area (Å²) in [5.74, 6) is -0.800. The number of aliphatic hydroxyl groups is 1. The molecule has 1 heterocycles. The van der Waals surface area contributed by atoms with Crippen molar-refractivity contribution in [2.75, 3.05) is 13.2 Å². The van der Waals surface area contributed by atoms with Crippen LogP contribution in [0.1, 0.15) is 69.2 Å². The SMILES string of the molecule is CC(O)c1ccc(Oc2ccc(CNC(=O)C3(NC(=O)CCC(C)(C)N)CCOCC3)cc2)c(C(F)(F)F)c1. The number of nitrogens with one attached hydrogen (secondary N) is 2. The fourth-order valence-corrected chi connectivity index (χ4v) is 4.17. The van der Waals surface area contributed by atoms with E-state index in [0.717, 1.165) is 6.07 Å². The zero-order valence-electron chi connectivity index (χ0n) is 22.4. The van der Waals surface area contributed by atoms with Gasteiger partial charge in [0.25, 0.3) is 0 Å². The molecular formula is C28H36F3N3O5. The quantitative estimate of drug-likeness (QED) is 0.348. The Labute approximate surface area is 226 Å². The summed E-state index contributed by atoms with van der Waals surface area (Å²) >= 11 is 0. The summed E-state index contributed by atoms with van der Waals surface area (Å²) in [6, 6.07) is 9.69. The number of aliphatic hydroxyl groups excluding tert-OH is 1. The molecule has 1 unspecified atom stereocenters. The van der Waals surface area contributed by atoms with Crippen LogP contribution in [0.3, 0.4) is 0 Å². The second kappa shape index (κ2) is 12.4. The molecule has 0 radical (unpaired) electrons. The first-order valence-corrected chi connectivity index (χ1v) is 12.8. The van der Waals surface area contributed by atoms with Gasteiger partial charge >= 0.3 is 6.18 Å². The molecule has 0 bridgehead atoms. The van der Waals surface area contributed by atoms with Crippen molar-refractivity contribution in [1.82, 2.24) is 10.6 Å². The number of benzene rings is 2. The molecule has 1 aliphatic rings. The van der Waals surface area contributed by atoms with E-state index in [9.17, 15) is 27.9 Å². The van der Waals surface area contributed by atoms with Gasteiger partial charge in [-0.2, -0.15) is 13.2 Å². The molecule has 1 atom stereocenters. The molecule has 1 fully saturated rings.